The summed E-state index contributed by atoms with van der Waals surface area (Å²) in [6.45, 7) is 1.54. The van der Waals surface area contributed by atoms with E-state index in [1.165, 1.54) is 7.11 Å². The lowest BCUT2D eigenvalue weighted by Crippen LogP contribution is -2.24. The van der Waals surface area contributed by atoms with Crippen molar-refractivity contribution in [1.29, 1.82) is 0 Å². The van der Waals surface area contributed by atoms with E-state index >= 15 is 0 Å². The van der Waals surface area contributed by atoms with Crippen LogP contribution in [0, 0.1) is 0 Å². The van der Waals surface area contributed by atoms with E-state index in [2.05, 4.69) is 0 Å². The van der Waals surface area contributed by atoms with Gasteiger partial charge >= 0.3 is 7.60 Å². The second-order valence-electron chi connectivity index (χ2n) is 4.68. The standard InChI is InChI=1S/C15H17O4P/c1-15(20(16,17)18,12-8-4-3-5-9-12)13-10-6-7-11-14(13)19-2/h3-11H,1-2H3,(H2,16,17,18). The molecule has 2 rings (SSSR count). The predicted octanol–water partition coefficient (Wildman–Crippen LogP) is 3.14. The van der Waals surface area contributed by atoms with Crippen LogP contribution in [-0.4, -0.2) is 16.9 Å². The zero-order valence-corrected chi connectivity index (χ0v) is 12.2. The highest BCUT2D eigenvalue weighted by Gasteiger charge is 2.47. The highest BCUT2D eigenvalue weighted by atomic mass is 31.2. The molecule has 106 valence electrons. The van der Waals surface area contributed by atoms with Crippen molar-refractivity contribution in [3.8, 4) is 5.75 Å². The van der Waals surface area contributed by atoms with Gasteiger partial charge in [-0.15, -0.1) is 0 Å². The summed E-state index contributed by atoms with van der Waals surface area (Å²) in [6, 6.07) is 15.7. The van der Waals surface area contributed by atoms with Crippen LogP contribution >= 0.6 is 7.60 Å². The van der Waals surface area contributed by atoms with E-state index in [-0.39, 0.29) is 0 Å². The Labute approximate surface area is 118 Å². The fourth-order valence-electron chi connectivity index (χ4n) is 2.29. The smallest absolute Gasteiger partial charge is 0.340 e. The van der Waals surface area contributed by atoms with E-state index in [1.54, 1.807) is 55.5 Å². The van der Waals surface area contributed by atoms with E-state index in [0.29, 0.717) is 16.9 Å². The molecule has 0 fully saturated rings. The summed E-state index contributed by atoms with van der Waals surface area (Å²) in [5.41, 5.74) is 1.03. The van der Waals surface area contributed by atoms with Crippen molar-refractivity contribution >= 4 is 7.60 Å². The molecule has 1 unspecified atom stereocenters. The van der Waals surface area contributed by atoms with Gasteiger partial charge in [0.05, 0.1) is 7.11 Å². The molecule has 2 aromatic rings. The molecular weight excluding hydrogens is 275 g/mol. The summed E-state index contributed by atoms with van der Waals surface area (Å²) in [7, 11) is -2.96. The number of benzene rings is 2. The van der Waals surface area contributed by atoms with Crippen molar-refractivity contribution in [3.05, 3.63) is 65.7 Å². The maximum Gasteiger partial charge on any atom is 0.340 e. The minimum Gasteiger partial charge on any atom is -0.496 e. The summed E-state index contributed by atoms with van der Waals surface area (Å²) in [5, 5.41) is -1.44. The average molecular weight is 292 g/mol. The molecule has 0 aliphatic carbocycles. The monoisotopic (exact) mass is 292 g/mol. The fraction of sp³-hybridized carbons (Fsp3) is 0.200. The molecule has 2 N–H and O–H groups in total. The minimum atomic E-state index is -4.45. The van der Waals surface area contributed by atoms with Crippen molar-refractivity contribution in [1.82, 2.24) is 0 Å². The summed E-state index contributed by atoms with van der Waals surface area (Å²) >= 11 is 0. The maximum absolute atomic E-state index is 12.2. The molecule has 0 aliphatic heterocycles. The van der Waals surface area contributed by atoms with Gasteiger partial charge in [0, 0.05) is 5.56 Å². The molecule has 0 heterocycles. The number of ether oxygens (including phenoxy) is 1. The SMILES string of the molecule is COc1ccccc1C(C)(c1ccccc1)P(=O)(O)O. The van der Waals surface area contributed by atoms with E-state index in [0.717, 1.165) is 0 Å². The highest BCUT2D eigenvalue weighted by molar-refractivity contribution is 7.53. The first kappa shape index (κ1) is 14.8. The Kier molecular flexibility index (Phi) is 4.00. The van der Waals surface area contributed by atoms with Gasteiger partial charge in [0.1, 0.15) is 10.9 Å². The van der Waals surface area contributed by atoms with Gasteiger partial charge in [0.25, 0.3) is 0 Å². The van der Waals surface area contributed by atoms with Crippen LogP contribution < -0.4 is 4.74 Å². The zero-order valence-electron chi connectivity index (χ0n) is 11.4. The molecule has 0 radical (unpaired) electrons. The predicted molar refractivity (Wildman–Crippen MR) is 77.9 cm³/mol. The lowest BCUT2D eigenvalue weighted by atomic mass is 9.91. The van der Waals surface area contributed by atoms with E-state index in [1.807, 2.05) is 6.07 Å². The van der Waals surface area contributed by atoms with Crippen LogP contribution in [0.2, 0.25) is 0 Å². The Morgan fingerprint density at radius 1 is 1.00 bits per heavy atom. The van der Waals surface area contributed by atoms with Crippen molar-refractivity contribution in [3.63, 3.8) is 0 Å². The Morgan fingerprint density at radius 3 is 2.10 bits per heavy atom. The van der Waals surface area contributed by atoms with Crippen molar-refractivity contribution in [2.75, 3.05) is 7.11 Å². The van der Waals surface area contributed by atoms with Gasteiger partial charge in [-0.05, 0) is 18.6 Å². The molecular formula is C15H17O4P. The molecule has 5 heteroatoms. The number of hydrogen-bond donors (Lipinski definition) is 2. The van der Waals surface area contributed by atoms with Crippen LogP contribution in [-0.2, 0) is 9.72 Å². The molecule has 2 aromatic carbocycles. The van der Waals surface area contributed by atoms with E-state index < -0.39 is 12.8 Å². The van der Waals surface area contributed by atoms with Gasteiger partial charge in [0.2, 0.25) is 0 Å². The van der Waals surface area contributed by atoms with Crippen LogP contribution in [0.25, 0.3) is 0 Å². The largest absolute Gasteiger partial charge is 0.496 e. The van der Waals surface area contributed by atoms with Gasteiger partial charge in [-0.3, -0.25) is 4.57 Å². The average Bonchev–Trinajstić information content (AvgIpc) is 2.46. The molecule has 0 saturated heterocycles. The molecule has 20 heavy (non-hydrogen) atoms. The summed E-state index contributed by atoms with van der Waals surface area (Å²) < 4.78 is 17.4. The molecule has 0 aromatic heterocycles. The van der Waals surface area contributed by atoms with Crippen LogP contribution in [0.1, 0.15) is 18.1 Å². The molecule has 1 atom stereocenters. The topological polar surface area (TPSA) is 66.8 Å². The Morgan fingerprint density at radius 2 is 1.55 bits per heavy atom. The third kappa shape index (κ3) is 2.38. The molecule has 4 nitrogen and oxygen atoms in total. The van der Waals surface area contributed by atoms with Crippen molar-refractivity contribution in [2.45, 2.75) is 12.1 Å². The molecule has 0 bridgehead atoms. The minimum absolute atomic E-state index is 0.460. The number of hydrogen-bond acceptors (Lipinski definition) is 2. The highest BCUT2D eigenvalue weighted by Crippen LogP contribution is 2.61. The summed E-state index contributed by atoms with van der Waals surface area (Å²) in [4.78, 5) is 19.8. The van der Waals surface area contributed by atoms with Gasteiger partial charge in [-0.2, -0.15) is 0 Å². The van der Waals surface area contributed by atoms with Crippen molar-refractivity contribution < 1.29 is 19.1 Å². The normalized spacial score (nSPS) is 14.6. The first-order valence-electron chi connectivity index (χ1n) is 6.16. The quantitative estimate of drug-likeness (QED) is 0.850. The summed E-state index contributed by atoms with van der Waals surface area (Å²) in [5.74, 6) is 0.460. The number of methoxy groups -OCH3 is 1. The lowest BCUT2D eigenvalue weighted by Gasteiger charge is -2.32. The second-order valence-corrected chi connectivity index (χ2v) is 6.67. The first-order valence-corrected chi connectivity index (χ1v) is 7.77. The van der Waals surface area contributed by atoms with E-state index in [9.17, 15) is 14.4 Å². The second kappa shape index (κ2) is 5.41. The fourth-order valence-corrected chi connectivity index (χ4v) is 3.27. The van der Waals surface area contributed by atoms with Crippen LogP contribution in [0.15, 0.2) is 54.6 Å². The Bertz CT molecular complexity index is 635. The van der Waals surface area contributed by atoms with Crippen LogP contribution in [0.5, 0.6) is 5.75 Å². The third-order valence-electron chi connectivity index (χ3n) is 3.55. The molecule has 0 aliphatic rings. The lowest BCUT2D eigenvalue weighted by molar-refractivity contribution is 0.338. The first-order chi connectivity index (χ1) is 9.41. The van der Waals surface area contributed by atoms with Crippen LogP contribution in [0.4, 0.5) is 0 Å². The molecule has 0 spiro atoms. The van der Waals surface area contributed by atoms with E-state index in [4.69, 9.17) is 4.74 Å². The zero-order chi connectivity index (χ0) is 14.8. The van der Waals surface area contributed by atoms with Gasteiger partial charge in [0.15, 0.2) is 0 Å². The Hall–Kier alpha value is -1.61. The maximum atomic E-state index is 12.2. The molecule has 0 amide bonds. The van der Waals surface area contributed by atoms with Gasteiger partial charge < -0.3 is 14.5 Å². The van der Waals surface area contributed by atoms with Gasteiger partial charge in [-0.25, -0.2) is 0 Å². The third-order valence-corrected chi connectivity index (χ3v) is 5.21. The Balaban J connectivity index is 2.75. The number of para-hydroxylation sites is 1. The van der Waals surface area contributed by atoms with Crippen LogP contribution in [0.3, 0.4) is 0 Å². The number of rotatable bonds is 4. The summed E-state index contributed by atoms with van der Waals surface area (Å²) in [6.07, 6.45) is 0. The van der Waals surface area contributed by atoms with Crippen molar-refractivity contribution in [2.24, 2.45) is 0 Å². The van der Waals surface area contributed by atoms with Gasteiger partial charge in [-0.1, -0.05) is 48.5 Å². The molecule has 0 saturated carbocycles.